The lowest BCUT2D eigenvalue weighted by molar-refractivity contribution is -0.117. The molecule has 7 rings (SSSR count). The highest BCUT2D eigenvalue weighted by Gasteiger charge is 2.30. The van der Waals surface area contributed by atoms with Crippen LogP contribution >= 0.6 is 23.2 Å². The molecule has 0 spiro atoms. The summed E-state index contributed by atoms with van der Waals surface area (Å²) in [4.78, 5) is 16.4. The number of rotatable bonds is 14. The van der Waals surface area contributed by atoms with Crippen LogP contribution in [0.4, 0.5) is 0 Å². The highest BCUT2D eigenvalue weighted by molar-refractivity contribution is 6.36. The number of aliphatic hydroxyl groups excluding tert-OH is 1. The fraction of sp³-hybridized carbons (Fsp3) is 0.419. The lowest BCUT2D eigenvalue weighted by atomic mass is 9.93. The van der Waals surface area contributed by atoms with E-state index in [9.17, 15) is 15.2 Å². The third-order valence-electron chi connectivity index (χ3n) is 11.1. The first kappa shape index (κ1) is 37.2. The fourth-order valence-corrected chi connectivity index (χ4v) is 8.86. The van der Waals surface area contributed by atoms with Crippen molar-refractivity contribution in [1.82, 2.24) is 10.3 Å². The molecule has 4 atom stereocenters. The molecule has 3 aromatic carbocycles. The first-order valence-electron chi connectivity index (χ1n) is 18.7. The lowest BCUT2D eigenvalue weighted by Gasteiger charge is -2.19. The van der Waals surface area contributed by atoms with Crippen molar-refractivity contribution in [1.29, 1.82) is 5.26 Å². The molecule has 10 heteroatoms. The molecule has 2 N–H and O–H groups in total. The number of Topliss-reactive ketones (excluding diaryl/α,β-unsaturated/α-hetero) is 1. The van der Waals surface area contributed by atoms with Crippen molar-refractivity contribution in [2.45, 2.75) is 83.0 Å². The number of carbonyl (C=O) groups is 1. The van der Waals surface area contributed by atoms with E-state index in [-0.39, 0.29) is 18.8 Å². The zero-order valence-electron chi connectivity index (χ0n) is 30.0. The van der Waals surface area contributed by atoms with Gasteiger partial charge >= 0.3 is 0 Å². The van der Waals surface area contributed by atoms with E-state index in [1.165, 1.54) is 5.56 Å². The Labute approximate surface area is 321 Å². The summed E-state index contributed by atoms with van der Waals surface area (Å²) < 4.78 is 18.1. The molecule has 276 valence electrons. The summed E-state index contributed by atoms with van der Waals surface area (Å²) in [5, 5.41) is 24.1. The van der Waals surface area contributed by atoms with Gasteiger partial charge in [0.2, 0.25) is 11.8 Å². The van der Waals surface area contributed by atoms with E-state index in [0.717, 1.165) is 96.9 Å². The second kappa shape index (κ2) is 16.9. The molecule has 3 aliphatic carbocycles. The summed E-state index contributed by atoms with van der Waals surface area (Å²) in [5.74, 6) is 2.47. The number of fused-ring (bicyclic) bond motifs is 1. The number of halogens is 2. The predicted octanol–water partition coefficient (Wildman–Crippen LogP) is 9.25. The molecule has 3 aliphatic rings. The number of hydrogen-bond donors (Lipinski definition) is 2. The summed E-state index contributed by atoms with van der Waals surface area (Å²) in [6.45, 7) is 1.27. The minimum Gasteiger partial charge on any atom is -0.481 e. The average Bonchev–Trinajstić information content (AvgIpc) is 3.90. The monoisotopic (exact) mass is 753 g/mol. The van der Waals surface area contributed by atoms with Crippen molar-refractivity contribution in [3.05, 3.63) is 93.0 Å². The smallest absolute Gasteiger partial charge is 0.236 e. The van der Waals surface area contributed by atoms with Gasteiger partial charge in [0.25, 0.3) is 0 Å². The average molecular weight is 755 g/mol. The van der Waals surface area contributed by atoms with Crippen LogP contribution in [-0.4, -0.2) is 42.2 Å². The molecule has 53 heavy (non-hydrogen) atoms. The van der Waals surface area contributed by atoms with Crippen LogP contribution in [0.5, 0.6) is 17.5 Å². The van der Waals surface area contributed by atoms with Crippen LogP contribution in [0.2, 0.25) is 10.0 Å². The van der Waals surface area contributed by atoms with E-state index in [0.29, 0.717) is 64.6 Å². The summed E-state index contributed by atoms with van der Waals surface area (Å²) in [7, 11) is 1.61. The van der Waals surface area contributed by atoms with E-state index in [1.807, 2.05) is 48.5 Å². The van der Waals surface area contributed by atoms with E-state index in [1.54, 1.807) is 7.11 Å². The number of hydrogen-bond acceptors (Lipinski definition) is 8. The van der Waals surface area contributed by atoms with Gasteiger partial charge in [-0.3, -0.25) is 4.79 Å². The second-order valence-electron chi connectivity index (χ2n) is 14.5. The molecule has 2 saturated carbocycles. The molecule has 1 aromatic heterocycles. The van der Waals surface area contributed by atoms with Crippen LogP contribution in [0.3, 0.4) is 0 Å². The van der Waals surface area contributed by atoms with E-state index < -0.39 is 0 Å². The first-order valence-corrected chi connectivity index (χ1v) is 19.4. The number of nitrogens with one attached hydrogen (secondary N) is 1. The van der Waals surface area contributed by atoms with Crippen LogP contribution in [0, 0.1) is 23.2 Å². The predicted molar refractivity (Wildman–Crippen MR) is 207 cm³/mol. The zero-order chi connectivity index (χ0) is 36.9. The number of carbonyl (C=O) groups excluding carboxylic acids is 1. The van der Waals surface area contributed by atoms with Crippen LogP contribution in [0.15, 0.2) is 60.7 Å². The molecule has 1 heterocycles. The quantitative estimate of drug-likeness (QED) is 0.131. The Morgan fingerprint density at radius 2 is 1.79 bits per heavy atom. The van der Waals surface area contributed by atoms with E-state index in [2.05, 4.69) is 23.5 Å². The van der Waals surface area contributed by atoms with Crippen molar-refractivity contribution in [2.24, 2.45) is 11.8 Å². The van der Waals surface area contributed by atoms with Gasteiger partial charge in [-0.25, -0.2) is 0 Å². The van der Waals surface area contributed by atoms with Gasteiger partial charge in [0.05, 0.1) is 18.2 Å². The Morgan fingerprint density at radius 3 is 2.57 bits per heavy atom. The number of nitriles is 1. The van der Waals surface area contributed by atoms with Crippen molar-refractivity contribution < 1.29 is 24.1 Å². The van der Waals surface area contributed by atoms with Gasteiger partial charge in [-0.05, 0) is 97.7 Å². The minimum absolute atomic E-state index is 0.0656. The highest BCUT2D eigenvalue weighted by atomic mass is 35.5. The number of aromatic nitrogens is 1. The summed E-state index contributed by atoms with van der Waals surface area (Å²) in [5.41, 5.74) is 7.84. The summed E-state index contributed by atoms with van der Waals surface area (Å²) >= 11 is 14.0. The van der Waals surface area contributed by atoms with Crippen LogP contribution < -0.4 is 19.5 Å². The van der Waals surface area contributed by atoms with Crippen LogP contribution in [-0.2, 0) is 24.2 Å². The number of methoxy groups -OCH3 is 1. The van der Waals surface area contributed by atoms with E-state index in [4.69, 9.17) is 42.4 Å². The molecule has 0 saturated heterocycles. The summed E-state index contributed by atoms with van der Waals surface area (Å²) in [6, 6.07) is 22.3. The first-order chi connectivity index (χ1) is 25.8. The van der Waals surface area contributed by atoms with E-state index >= 15 is 0 Å². The number of ketones is 1. The van der Waals surface area contributed by atoms with Gasteiger partial charge < -0.3 is 24.6 Å². The van der Waals surface area contributed by atoms with Gasteiger partial charge in [-0.2, -0.15) is 10.2 Å². The van der Waals surface area contributed by atoms with Gasteiger partial charge in [0.1, 0.15) is 28.7 Å². The second-order valence-corrected chi connectivity index (χ2v) is 15.3. The van der Waals surface area contributed by atoms with Crippen molar-refractivity contribution >= 4 is 29.0 Å². The molecule has 2 fully saturated rings. The molecule has 0 radical (unpaired) electrons. The van der Waals surface area contributed by atoms with Gasteiger partial charge in [-0.15, -0.1) is 0 Å². The molecule has 0 bridgehead atoms. The largest absolute Gasteiger partial charge is 0.481 e. The van der Waals surface area contributed by atoms with Crippen molar-refractivity contribution in [3.8, 4) is 45.8 Å². The number of ether oxygens (including phenoxy) is 3. The lowest BCUT2D eigenvalue weighted by Crippen LogP contribution is -2.21. The molecule has 0 aliphatic heterocycles. The molecular formula is C43H45Cl2N3O5. The number of benzene rings is 3. The Hall–Kier alpha value is -4.13. The third-order valence-corrected chi connectivity index (χ3v) is 11.8. The number of aryl methyl sites for hydroxylation is 1. The van der Waals surface area contributed by atoms with Crippen molar-refractivity contribution in [2.75, 3.05) is 20.3 Å². The number of aliphatic hydroxyl groups is 1. The third kappa shape index (κ3) is 8.34. The number of pyridine rings is 1. The maximum absolute atomic E-state index is 11.7. The van der Waals surface area contributed by atoms with Gasteiger partial charge in [0.15, 0.2) is 6.61 Å². The Kier molecular flexibility index (Phi) is 11.9. The van der Waals surface area contributed by atoms with Gasteiger partial charge in [-0.1, -0.05) is 78.2 Å². The maximum atomic E-state index is 11.7. The highest BCUT2D eigenvalue weighted by Crippen LogP contribution is 2.45. The Balaban J connectivity index is 1.10. The molecular weight excluding hydrogens is 709 g/mol. The topological polar surface area (TPSA) is 114 Å². The summed E-state index contributed by atoms with van der Waals surface area (Å²) in [6.07, 6.45) is 7.90. The molecule has 4 aromatic rings. The zero-order valence-corrected chi connectivity index (χ0v) is 31.5. The fourth-order valence-electron chi connectivity index (χ4n) is 8.30. The molecule has 0 amide bonds. The maximum Gasteiger partial charge on any atom is 0.236 e. The van der Waals surface area contributed by atoms with Crippen molar-refractivity contribution in [3.63, 3.8) is 0 Å². The Bertz CT molecular complexity index is 2010. The SMILES string of the molecule is COc1nc(O[C@H]2CCc3c(-c4cccc(-c5ccc(CNC[C@@H]6CCC(=O)C6)c(OCC#N)c5)c4Cl)cccc32)c(Cl)cc1CC[C@@H]1CCC[C@@H]1O. The Morgan fingerprint density at radius 1 is 0.962 bits per heavy atom. The van der Waals surface area contributed by atoms with Crippen LogP contribution in [0.1, 0.15) is 79.7 Å². The standard InChI is InChI=1S/C43H45Cl2N3O5/c1-51-42-29(14-12-27-5-2-10-38(27)50)22-37(44)43(48-42)53-39-18-17-34-33(7-4-8-35(34)39)36-9-3-6-32(41(36)45)28-13-15-30(40(23-28)52-20-19-46)25-47-24-26-11-16-31(49)21-26/h3-4,6-9,13,15,22-23,26-27,38-39,47,50H,2,5,10-12,14,16-18,20-21,24-25H2,1H3/t26-,27+,38+,39+/m1/s1. The van der Waals surface area contributed by atoms with Crippen LogP contribution in [0.25, 0.3) is 22.3 Å². The van der Waals surface area contributed by atoms with Gasteiger partial charge in [0, 0.05) is 41.6 Å². The molecule has 8 nitrogen and oxygen atoms in total. The minimum atomic E-state index is -0.240. The number of nitrogens with zero attached hydrogens (tertiary/aromatic N) is 2. The molecule has 0 unspecified atom stereocenters. The normalized spacial score (nSPS) is 20.7.